The van der Waals surface area contributed by atoms with Crippen LogP contribution in [0.5, 0.6) is 0 Å². The van der Waals surface area contributed by atoms with Gasteiger partial charge in [0, 0.05) is 37.9 Å². The normalized spacial score (nSPS) is 11.1. The van der Waals surface area contributed by atoms with Crippen LogP contribution in [0.1, 0.15) is 30.7 Å². The minimum absolute atomic E-state index is 0.470. The molecule has 0 fully saturated rings. The van der Waals surface area contributed by atoms with Crippen LogP contribution in [0, 0.1) is 6.92 Å². The topological polar surface area (TPSA) is 41.3 Å². The third-order valence-electron chi connectivity index (χ3n) is 3.37. The molecule has 0 saturated carbocycles. The standard InChI is InChI=1S/C16H23N3O/c1-12(2)18-9-14-5-7-17-10-16(14)19(4)11-15-6-8-20-13(15)3/h5-8,10,12,18H,9,11H2,1-4H3. The van der Waals surface area contributed by atoms with Crippen molar-refractivity contribution in [3.8, 4) is 0 Å². The maximum atomic E-state index is 5.36. The molecule has 0 unspecified atom stereocenters. The number of hydrogen-bond donors (Lipinski definition) is 1. The van der Waals surface area contributed by atoms with Crippen molar-refractivity contribution in [3.63, 3.8) is 0 Å². The molecule has 2 aromatic rings. The number of nitrogens with zero attached hydrogens (tertiary/aromatic N) is 2. The Hall–Kier alpha value is -1.81. The van der Waals surface area contributed by atoms with Gasteiger partial charge >= 0.3 is 0 Å². The Morgan fingerprint density at radius 2 is 2.10 bits per heavy atom. The molecule has 2 aromatic heterocycles. The van der Waals surface area contributed by atoms with E-state index in [1.54, 1.807) is 6.26 Å². The second-order valence-electron chi connectivity index (χ2n) is 5.40. The van der Waals surface area contributed by atoms with Crippen molar-refractivity contribution in [2.24, 2.45) is 0 Å². The van der Waals surface area contributed by atoms with E-state index >= 15 is 0 Å². The SMILES string of the molecule is Cc1occc1CN(C)c1cnccc1CNC(C)C. The van der Waals surface area contributed by atoms with E-state index in [0.717, 1.165) is 24.5 Å². The predicted octanol–water partition coefficient (Wildman–Crippen LogP) is 3.12. The van der Waals surface area contributed by atoms with Gasteiger partial charge in [-0.25, -0.2) is 0 Å². The molecule has 1 N–H and O–H groups in total. The Labute approximate surface area is 120 Å². The van der Waals surface area contributed by atoms with E-state index in [1.165, 1.54) is 11.1 Å². The highest BCUT2D eigenvalue weighted by atomic mass is 16.3. The molecule has 0 radical (unpaired) electrons. The lowest BCUT2D eigenvalue weighted by atomic mass is 10.1. The summed E-state index contributed by atoms with van der Waals surface area (Å²) in [5, 5.41) is 3.45. The number of rotatable bonds is 6. The summed E-state index contributed by atoms with van der Waals surface area (Å²) in [4.78, 5) is 6.46. The van der Waals surface area contributed by atoms with Crippen molar-refractivity contribution in [2.45, 2.75) is 39.9 Å². The number of aryl methyl sites for hydroxylation is 1. The third kappa shape index (κ3) is 3.61. The summed E-state index contributed by atoms with van der Waals surface area (Å²) >= 11 is 0. The molecule has 4 heteroatoms. The van der Waals surface area contributed by atoms with Crippen LogP contribution < -0.4 is 10.2 Å². The molecule has 0 saturated heterocycles. The summed E-state index contributed by atoms with van der Waals surface area (Å²) in [6, 6.07) is 4.56. The Morgan fingerprint density at radius 1 is 1.30 bits per heavy atom. The van der Waals surface area contributed by atoms with Crippen LogP contribution in [-0.2, 0) is 13.1 Å². The molecule has 0 bridgehead atoms. The van der Waals surface area contributed by atoms with Gasteiger partial charge in [0.05, 0.1) is 18.1 Å². The van der Waals surface area contributed by atoms with Gasteiger partial charge in [-0.2, -0.15) is 0 Å². The summed E-state index contributed by atoms with van der Waals surface area (Å²) in [5.74, 6) is 0.975. The molecule has 4 nitrogen and oxygen atoms in total. The number of anilines is 1. The molecule has 108 valence electrons. The first-order chi connectivity index (χ1) is 9.58. The number of nitrogens with one attached hydrogen (secondary N) is 1. The van der Waals surface area contributed by atoms with Gasteiger partial charge in [0.25, 0.3) is 0 Å². The van der Waals surface area contributed by atoms with Crippen LogP contribution in [0.25, 0.3) is 0 Å². The lowest BCUT2D eigenvalue weighted by molar-refractivity contribution is 0.529. The van der Waals surface area contributed by atoms with Crippen LogP contribution >= 0.6 is 0 Å². The minimum Gasteiger partial charge on any atom is -0.469 e. The van der Waals surface area contributed by atoms with Gasteiger partial charge in [0.1, 0.15) is 5.76 Å². The zero-order valence-electron chi connectivity index (χ0n) is 12.7. The van der Waals surface area contributed by atoms with Crippen LogP contribution in [0.2, 0.25) is 0 Å². The monoisotopic (exact) mass is 273 g/mol. The summed E-state index contributed by atoms with van der Waals surface area (Å²) in [6.07, 6.45) is 5.51. The van der Waals surface area contributed by atoms with Crippen molar-refractivity contribution in [2.75, 3.05) is 11.9 Å². The zero-order valence-corrected chi connectivity index (χ0v) is 12.7. The molecule has 0 amide bonds. The molecule has 2 heterocycles. The Bertz CT molecular complexity index is 548. The maximum absolute atomic E-state index is 5.36. The largest absolute Gasteiger partial charge is 0.469 e. The Kier molecular flexibility index (Phi) is 4.79. The van der Waals surface area contributed by atoms with E-state index in [0.29, 0.717) is 6.04 Å². The van der Waals surface area contributed by atoms with Crippen LogP contribution in [0.15, 0.2) is 35.2 Å². The van der Waals surface area contributed by atoms with Gasteiger partial charge in [-0.05, 0) is 24.6 Å². The highest BCUT2D eigenvalue weighted by Crippen LogP contribution is 2.21. The first-order valence-corrected chi connectivity index (χ1v) is 6.98. The smallest absolute Gasteiger partial charge is 0.105 e. The average Bonchev–Trinajstić information content (AvgIpc) is 2.82. The molecule has 0 aliphatic heterocycles. The van der Waals surface area contributed by atoms with E-state index in [1.807, 2.05) is 25.4 Å². The van der Waals surface area contributed by atoms with Gasteiger partial charge in [-0.15, -0.1) is 0 Å². The molecular weight excluding hydrogens is 250 g/mol. The fourth-order valence-electron chi connectivity index (χ4n) is 2.14. The van der Waals surface area contributed by atoms with Crippen molar-refractivity contribution in [3.05, 3.63) is 47.7 Å². The number of pyridine rings is 1. The van der Waals surface area contributed by atoms with Crippen LogP contribution in [-0.4, -0.2) is 18.1 Å². The zero-order chi connectivity index (χ0) is 14.5. The fraction of sp³-hybridized carbons (Fsp3) is 0.438. The van der Waals surface area contributed by atoms with E-state index in [4.69, 9.17) is 4.42 Å². The molecule has 20 heavy (non-hydrogen) atoms. The lowest BCUT2D eigenvalue weighted by Gasteiger charge is -2.22. The first kappa shape index (κ1) is 14.6. The molecule has 2 rings (SSSR count). The molecule has 0 aliphatic carbocycles. The number of aromatic nitrogens is 1. The maximum Gasteiger partial charge on any atom is 0.105 e. The third-order valence-corrected chi connectivity index (χ3v) is 3.37. The summed E-state index contributed by atoms with van der Waals surface area (Å²) in [7, 11) is 2.09. The summed E-state index contributed by atoms with van der Waals surface area (Å²) in [5.41, 5.74) is 3.62. The molecule has 0 spiro atoms. The molecular formula is C16H23N3O. The number of furan rings is 1. The second kappa shape index (κ2) is 6.57. The van der Waals surface area contributed by atoms with Crippen LogP contribution in [0.4, 0.5) is 5.69 Å². The van der Waals surface area contributed by atoms with Gasteiger partial charge in [0.2, 0.25) is 0 Å². The summed E-state index contributed by atoms with van der Waals surface area (Å²) in [6.45, 7) is 7.97. The molecule has 0 atom stereocenters. The average molecular weight is 273 g/mol. The lowest BCUT2D eigenvalue weighted by Crippen LogP contribution is -2.24. The van der Waals surface area contributed by atoms with Gasteiger partial charge in [0.15, 0.2) is 0 Å². The highest BCUT2D eigenvalue weighted by Gasteiger charge is 2.10. The fourth-order valence-corrected chi connectivity index (χ4v) is 2.14. The Balaban J connectivity index is 2.12. The molecule has 0 aliphatic rings. The minimum atomic E-state index is 0.470. The molecule has 0 aromatic carbocycles. The van der Waals surface area contributed by atoms with Crippen molar-refractivity contribution in [1.82, 2.24) is 10.3 Å². The van der Waals surface area contributed by atoms with Crippen molar-refractivity contribution >= 4 is 5.69 Å². The van der Waals surface area contributed by atoms with Crippen LogP contribution in [0.3, 0.4) is 0 Å². The summed E-state index contributed by atoms with van der Waals surface area (Å²) < 4.78 is 5.36. The van der Waals surface area contributed by atoms with E-state index in [2.05, 4.69) is 42.2 Å². The van der Waals surface area contributed by atoms with E-state index < -0.39 is 0 Å². The van der Waals surface area contributed by atoms with Gasteiger partial charge in [-0.3, -0.25) is 4.98 Å². The number of hydrogen-bond acceptors (Lipinski definition) is 4. The van der Waals surface area contributed by atoms with Gasteiger partial charge in [-0.1, -0.05) is 13.8 Å². The van der Waals surface area contributed by atoms with E-state index in [9.17, 15) is 0 Å². The van der Waals surface area contributed by atoms with Gasteiger partial charge < -0.3 is 14.6 Å². The van der Waals surface area contributed by atoms with Crippen molar-refractivity contribution in [1.29, 1.82) is 0 Å². The second-order valence-corrected chi connectivity index (χ2v) is 5.40. The first-order valence-electron chi connectivity index (χ1n) is 6.98. The quantitative estimate of drug-likeness (QED) is 0.878. The highest BCUT2D eigenvalue weighted by molar-refractivity contribution is 5.51. The van der Waals surface area contributed by atoms with Crippen molar-refractivity contribution < 1.29 is 4.42 Å². The Morgan fingerprint density at radius 3 is 2.75 bits per heavy atom. The van der Waals surface area contributed by atoms with E-state index in [-0.39, 0.29) is 0 Å². The predicted molar refractivity (Wildman–Crippen MR) is 81.8 cm³/mol.